The molecule has 19 heavy (non-hydrogen) atoms. The number of methoxy groups -OCH3 is 2. The summed E-state index contributed by atoms with van der Waals surface area (Å²) in [5.41, 5.74) is 6.32. The van der Waals surface area contributed by atoms with Crippen molar-refractivity contribution in [2.45, 2.75) is 19.4 Å². The maximum Gasteiger partial charge on any atom is 0.255 e. The summed E-state index contributed by atoms with van der Waals surface area (Å²) in [6, 6.07) is 7.40. The zero-order valence-electron chi connectivity index (χ0n) is 11.8. The second-order valence-corrected chi connectivity index (χ2v) is 4.21. The van der Waals surface area contributed by atoms with Gasteiger partial charge in [-0.15, -0.1) is 0 Å². The van der Waals surface area contributed by atoms with Crippen LogP contribution in [0.25, 0.3) is 0 Å². The van der Waals surface area contributed by atoms with Crippen molar-refractivity contribution in [3.8, 4) is 5.75 Å². The molecule has 0 heterocycles. The van der Waals surface area contributed by atoms with Gasteiger partial charge in [-0.2, -0.15) is 0 Å². The number of nitrogens with two attached hydrogens (primary N) is 1. The lowest BCUT2D eigenvalue weighted by Crippen LogP contribution is -2.40. The third-order valence-corrected chi connectivity index (χ3v) is 2.92. The van der Waals surface area contributed by atoms with E-state index < -0.39 is 6.10 Å². The lowest BCUT2D eigenvalue weighted by molar-refractivity contribution is -0.127. The Hall–Kier alpha value is -1.59. The maximum absolute atomic E-state index is 12.3. The summed E-state index contributed by atoms with van der Waals surface area (Å²) < 4.78 is 10.3. The van der Waals surface area contributed by atoms with Crippen LogP contribution in [0.3, 0.4) is 0 Å². The fourth-order valence-electron chi connectivity index (χ4n) is 1.71. The molecule has 0 aromatic heterocycles. The van der Waals surface area contributed by atoms with Crippen molar-refractivity contribution in [2.24, 2.45) is 5.73 Å². The molecular formula is C14H22N2O3. The molecular weight excluding hydrogens is 244 g/mol. The summed E-state index contributed by atoms with van der Waals surface area (Å²) in [6.07, 6.45) is 0.253. The minimum atomic E-state index is -0.482. The van der Waals surface area contributed by atoms with Crippen LogP contribution in [0.1, 0.15) is 13.3 Å². The molecule has 1 atom stereocenters. The van der Waals surface area contributed by atoms with Crippen molar-refractivity contribution >= 4 is 11.6 Å². The molecule has 2 N–H and O–H groups in total. The fourth-order valence-corrected chi connectivity index (χ4v) is 1.71. The minimum Gasteiger partial charge on any atom is -0.497 e. The van der Waals surface area contributed by atoms with E-state index in [1.165, 1.54) is 7.11 Å². The molecule has 0 bridgehead atoms. The zero-order chi connectivity index (χ0) is 14.3. The normalized spacial score (nSPS) is 12.0. The van der Waals surface area contributed by atoms with E-state index in [2.05, 4.69) is 0 Å². The highest BCUT2D eigenvalue weighted by atomic mass is 16.5. The largest absolute Gasteiger partial charge is 0.497 e. The highest BCUT2D eigenvalue weighted by Gasteiger charge is 2.21. The van der Waals surface area contributed by atoms with Gasteiger partial charge in [0.1, 0.15) is 11.9 Å². The van der Waals surface area contributed by atoms with Gasteiger partial charge in [0.15, 0.2) is 0 Å². The fraction of sp³-hybridized carbons (Fsp3) is 0.500. The molecule has 1 rings (SSSR count). The van der Waals surface area contributed by atoms with Crippen LogP contribution >= 0.6 is 0 Å². The predicted molar refractivity (Wildman–Crippen MR) is 75.5 cm³/mol. The second kappa shape index (κ2) is 7.76. The summed E-state index contributed by atoms with van der Waals surface area (Å²) in [5.74, 6) is 0.636. The predicted octanol–water partition coefficient (Wildman–Crippen LogP) is 1.41. The van der Waals surface area contributed by atoms with Gasteiger partial charge in [0.2, 0.25) is 0 Å². The van der Waals surface area contributed by atoms with Crippen LogP contribution in [0.5, 0.6) is 5.75 Å². The average Bonchev–Trinajstić information content (AvgIpc) is 2.46. The van der Waals surface area contributed by atoms with Crippen LogP contribution < -0.4 is 15.4 Å². The van der Waals surface area contributed by atoms with E-state index in [9.17, 15) is 4.79 Å². The first-order valence-electron chi connectivity index (χ1n) is 6.32. The van der Waals surface area contributed by atoms with Crippen LogP contribution in [-0.4, -0.2) is 39.3 Å². The Kier molecular flexibility index (Phi) is 6.32. The first-order valence-corrected chi connectivity index (χ1v) is 6.32. The molecule has 1 aromatic rings. The second-order valence-electron chi connectivity index (χ2n) is 4.21. The number of rotatable bonds is 7. The number of nitrogens with zero attached hydrogens (tertiary/aromatic N) is 1. The van der Waals surface area contributed by atoms with E-state index in [1.807, 2.05) is 24.3 Å². The van der Waals surface area contributed by atoms with Crippen LogP contribution in [-0.2, 0) is 9.53 Å². The number of anilines is 1. The SMILES string of the molecule is COc1cccc(N(CCCN)C(=O)C(C)OC)c1. The highest BCUT2D eigenvalue weighted by molar-refractivity contribution is 5.96. The first-order chi connectivity index (χ1) is 9.13. The Bertz CT molecular complexity index is 409. The standard InChI is InChI=1S/C14H22N2O3/c1-11(18-2)14(17)16(9-5-8-15)12-6-4-7-13(10-12)19-3/h4,6-7,10-11H,5,8-9,15H2,1-3H3. The van der Waals surface area contributed by atoms with Crippen molar-refractivity contribution in [1.82, 2.24) is 0 Å². The van der Waals surface area contributed by atoms with Crippen LogP contribution in [0, 0.1) is 0 Å². The molecule has 0 aliphatic heterocycles. The Balaban J connectivity index is 2.97. The number of ether oxygens (including phenoxy) is 2. The van der Waals surface area contributed by atoms with Gasteiger partial charge in [0.05, 0.1) is 7.11 Å². The molecule has 1 amide bonds. The van der Waals surface area contributed by atoms with Crippen molar-refractivity contribution in [2.75, 3.05) is 32.2 Å². The minimum absolute atomic E-state index is 0.0794. The third-order valence-electron chi connectivity index (χ3n) is 2.92. The van der Waals surface area contributed by atoms with Crippen molar-refractivity contribution in [3.05, 3.63) is 24.3 Å². The Labute approximate surface area is 114 Å². The molecule has 0 spiro atoms. The van der Waals surface area contributed by atoms with E-state index in [1.54, 1.807) is 18.9 Å². The highest BCUT2D eigenvalue weighted by Crippen LogP contribution is 2.22. The molecule has 106 valence electrons. The average molecular weight is 266 g/mol. The molecule has 0 fully saturated rings. The molecule has 0 aliphatic carbocycles. The van der Waals surface area contributed by atoms with Crippen LogP contribution in [0.4, 0.5) is 5.69 Å². The number of benzene rings is 1. The van der Waals surface area contributed by atoms with Gasteiger partial charge in [-0.1, -0.05) is 6.07 Å². The van der Waals surface area contributed by atoms with E-state index in [4.69, 9.17) is 15.2 Å². The topological polar surface area (TPSA) is 64.8 Å². The summed E-state index contributed by atoms with van der Waals surface area (Å²) in [5, 5.41) is 0. The summed E-state index contributed by atoms with van der Waals surface area (Å²) in [4.78, 5) is 14.0. The van der Waals surface area contributed by atoms with Gasteiger partial charge in [0.25, 0.3) is 5.91 Å². The molecule has 1 unspecified atom stereocenters. The van der Waals surface area contributed by atoms with E-state index in [0.717, 1.165) is 12.1 Å². The molecule has 1 aromatic carbocycles. The Morgan fingerprint density at radius 3 is 2.74 bits per heavy atom. The van der Waals surface area contributed by atoms with E-state index in [-0.39, 0.29) is 5.91 Å². The molecule has 5 heteroatoms. The Morgan fingerprint density at radius 1 is 1.42 bits per heavy atom. The van der Waals surface area contributed by atoms with Gasteiger partial charge >= 0.3 is 0 Å². The van der Waals surface area contributed by atoms with Gasteiger partial charge in [-0.25, -0.2) is 0 Å². The summed E-state index contributed by atoms with van der Waals surface area (Å²) in [6.45, 7) is 2.84. The third kappa shape index (κ3) is 4.22. The number of amides is 1. The van der Waals surface area contributed by atoms with Crippen molar-refractivity contribution in [3.63, 3.8) is 0 Å². The van der Waals surface area contributed by atoms with E-state index in [0.29, 0.717) is 18.8 Å². The molecule has 0 saturated heterocycles. The monoisotopic (exact) mass is 266 g/mol. The number of carbonyl (C=O) groups excluding carboxylic acids is 1. The van der Waals surface area contributed by atoms with Gasteiger partial charge in [0, 0.05) is 25.4 Å². The van der Waals surface area contributed by atoms with Crippen LogP contribution in [0.2, 0.25) is 0 Å². The van der Waals surface area contributed by atoms with Crippen molar-refractivity contribution in [1.29, 1.82) is 0 Å². The molecule has 0 aliphatic rings. The lowest BCUT2D eigenvalue weighted by atomic mass is 10.2. The quantitative estimate of drug-likeness (QED) is 0.810. The number of carbonyl (C=O) groups is 1. The smallest absolute Gasteiger partial charge is 0.255 e. The van der Waals surface area contributed by atoms with Gasteiger partial charge in [-0.05, 0) is 32.0 Å². The first kappa shape index (κ1) is 15.5. The van der Waals surface area contributed by atoms with Crippen LogP contribution in [0.15, 0.2) is 24.3 Å². The number of hydrogen-bond acceptors (Lipinski definition) is 4. The molecule has 0 radical (unpaired) electrons. The number of hydrogen-bond donors (Lipinski definition) is 1. The zero-order valence-corrected chi connectivity index (χ0v) is 11.8. The lowest BCUT2D eigenvalue weighted by Gasteiger charge is -2.25. The maximum atomic E-state index is 12.3. The Morgan fingerprint density at radius 2 is 2.16 bits per heavy atom. The molecule has 0 saturated carbocycles. The summed E-state index contributed by atoms with van der Waals surface area (Å²) >= 11 is 0. The van der Waals surface area contributed by atoms with E-state index >= 15 is 0 Å². The van der Waals surface area contributed by atoms with Gasteiger partial charge < -0.3 is 20.1 Å². The van der Waals surface area contributed by atoms with Gasteiger partial charge in [-0.3, -0.25) is 4.79 Å². The van der Waals surface area contributed by atoms with Crippen molar-refractivity contribution < 1.29 is 14.3 Å². The molecule has 5 nitrogen and oxygen atoms in total. The summed E-state index contributed by atoms with van der Waals surface area (Å²) in [7, 11) is 3.12.